The topological polar surface area (TPSA) is 182 Å². The van der Waals surface area contributed by atoms with E-state index in [1.807, 2.05) is 70.2 Å². The molecule has 3 N–H and O–H groups in total. The number of aromatic amines is 2. The third-order valence-electron chi connectivity index (χ3n) is 8.15. The van der Waals surface area contributed by atoms with Gasteiger partial charge < -0.3 is 24.5 Å². The fraction of sp³-hybridized carbons (Fsp3) is 0.220. The minimum atomic E-state index is -0.407. The van der Waals surface area contributed by atoms with Gasteiger partial charge in [-0.05, 0) is 60.4 Å². The molecule has 13 nitrogen and oxygen atoms in total. The van der Waals surface area contributed by atoms with Gasteiger partial charge in [-0.2, -0.15) is 0 Å². The van der Waals surface area contributed by atoms with Gasteiger partial charge in [0.1, 0.15) is 11.3 Å². The number of carbonyl (C=O) groups is 2. The van der Waals surface area contributed by atoms with E-state index in [0.29, 0.717) is 41.6 Å². The summed E-state index contributed by atoms with van der Waals surface area (Å²) < 4.78 is 10.1. The van der Waals surface area contributed by atoms with E-state index in [0.717, 1.165) is 55.1 Å². The molecule has 0 spiro atoms. The number of aromatic nitrogens is 8. The fourth-order valence-electron chi connectivity index (χ4n) is 5.36. The van der Waals surface area contributed by atoms with Crippen molar-refractivity contribution in [3.8, 4) is 22.5 Å². The predicted molar refractivity (Wildman–Crippen MR) is 208 cm³/mol. The first-order valence-corrected chi connectivity index (χ1v) is 17.4. The van der Waals surface area contributed by atoms with Crippen LogP contribution < -0.4 is 0 Å². The molecule has 0 unspecified atom stereocenters. The molecule has 0 radical (unpaired) electrons. The van der Waals surface area contributed by atoms with Crippen LogP contribution in [0.1, 0.15) is 48.4 Å². The molecule has 8 heterocycles. The number of methoxy groups -OCH3 is 1. The molecule has 0 aromatic carbocycles. The van der Waals surface area contributed by atoms with Gasteiger partial charge in [0.2, 0.25) is 0 Å². The average Bonchev–Trinajstić information content (AvgIpc) is 3.77. The highest BCUT2D eigenvalue weighted by Crippen LogP contribution is 2.29. The van der Waals surface area contributed by atoms with Gasteiger partial charge in [-0.1, -0.05) is 27.7 Å². The van der Waals surface area contributed by atoms with Crippen LogP contribution in [0.2, 0.25) is 0 Å². The number of esters is 2. The molecule has 0 fully saturated rings. The Morgan fingerprint density at radius 3 is 1.54 bits per heavy atom. The van der Waals surface area contributed by atoms with E-state index in [2.05, 4.69) is 39.9 Å². The number of nitrogens with one attached hydrogen (secondary N) is 2. The third-order valence-corrected chi connectivity index (χ3v) is 8.15. The molecular weight excluding hydrogens is 685 g/mol. The summed E-state index contributed by atoms with van der Waals surface area (Å²) in [7, 11) is 1.35. The number of carbonyl (C=O) groups excluding carboxylic acids is 2. The Morgan fingerprint density at radius 1 is 0.648 bits per heavy atom. The van der Waals surface area contributed by atoms with Crippen LogP contribution in [0, 0.1) is 11.8 Å². The lowest BCUT2D eigenvalue weighted by Crippen LogP contribution is -2.10. The average molecular weight is 725 g/mol. The smallest absolute Gasteiger partial charge is 0.339 e. The zero-order chi connectivity index (χ0) is 38.2. The van der Waals surface area contributed by atoms with Crippen molar-refractivity contribution in [3.05, 3.63) is 109 Å². The Balaban J connectivity index is 0.000000165. The maximum Gasteiger partial charge on any atom is 0.339 e. The molecule has 0 aliphatic carbocycles. The number of aliphatic hydroxyl groups excluding tert-OH is 1. The van der Waals surface area contributed by atoms with Crippen molar-refractivity contribution in [2.24, 2.45) is 11.8 Å². The molecule has 0 atom stereocenters. The Morgan fingerprint density at radius 2 is 1.13 bits per heavy atom. The summed E-state index contributed by atoms with van der Waals surface area (Å²) in [6.45, 7) is 8.64. The van der Waals surface area contributed by atoms with E-state index in [1.165, 1.54) is 19.5 Å². The largest absolute Gasteiger partial charge is 0.465 e. The number of aliphatic hydroxyl groups is 1. The number of H-pyrrole nitrogens is 2. The first kappa shape index (κ1) is 37.2. The van der Waals surface area contributed by atoms with Crippen LogP contribution in [-0.4, -0.2) is 77.2 Å². The Bertz CT molecular complexity index is 2530. The summed E-state index contributed by atoms with van der Waals surface area (Å²) in [5.41, 5.74) is 7.51. The summed E-state index contributed by atoms with van der Waals surface area (Å²) in [6.07, 6.45) is 13.6. The zero-order valence-corrected chi connectivity index (χ0v) is 30.6. The second-order valence-electron chi connectivity index (χ2n) is 13.3. The molecule has 0 bridgehead atoms. The minimum Gasteiger partial charge on any atom is -0.465 e. The van der Waals surface area contributed by atoms with Crippen molar-refractivity contribution in [1.82, 2.24) is 39.9 Å². The van der Waals surface area contributed by atoms with Gasteiger partial charge in [0, 0.05) is 76.5 Å². The Kier molecular flexibility index (Phi) is 11.6. The summed E-state index contributed by atoms with van der Waals surface area (Å²) in [5, 5.41) is 11.8. The standard InChI is InChI=1S/C20H18N4O2.C17H12N4O2.C4H10O/c1-12(2)11-26-20(25)14-6-16-15-7-17(13-4-3-5-21-8-13)22-10-18(15)24-19(16)23-9-14;1-23-17(22)11-5-13-12-6-14(10-3-2-4-18-7-10)19-9-15(12)21-16(13)20-8-11;1-4(2)3-5/h3-10,12H,11H2,1-2H3,(H,23,24);2-9H,1H3,(H,20,21);4-5H,3H2,1-2H3. The van der Waals surface area contributed by atoms with Crippen LogP contribution >= 0.6 is 0 Å². The third kappa shape index (κ3) is 8.54. The van der Waals surface area contributed by atoms with Gasteiger partial charge in [-0.3, -0.25) is 19.9 Å². The Labute approximate surface area is 310 Å². The molecule has 54 heavy (non-hydrogen) atoms. The lowest BCUT2D eigenvalue weighted by molar-refractivity contribution is 0.0458. The molecule has 0 amide bonds. The quantitative estimate of drug-likeness (QED) is 0.138. The molecule has 0 saturated carbocycles. The molecule has 8 rings (SSSR count). The van der Waals surface area contributed by atoms with Gasteiger partial charge in [0.05, 0.1) is 59.7 Å². The van der Waals surface area contributed by atoms with Gasteiger partial charge >= 0.3 is 11.9 Å². The van der Waals surface area contributed by atoms with Crippen molar-refractivity contribution in [3.63, 3.8) is 0 Å². The van der Waals surface area contributed by atoms with E-state index >= 15 is 0 Å². The molecule has 0 saturated heterocycles. The van der Waals surface area contributed by atoms with Crippen LogP contribution in [0.3, 0.4) is 0 Å². The minimum absolute atomic E-state index is 0.289. The maximum atomic E-state index is 12.2. The van der Waals surface area contributed by atoms with Gasteiger partial charge in [0.25, 0.3) is 0 Å². The van der Waals surface area contributed by atoms with Crippen molar-refractivity contribution in [2.45, 2.75) is 27.7 Å². The number of ether oxygens (including phenoxy) is 2. The molecule has 0 aliphatic rings. The molecular formula is C41H40N8O5. The highest BCUT2D eigenvalue weighted by molar-refractivity contribution is 6.09. The van der Waals surface area contributed by atoms with Crippen LogP contribution in [0.15, 0.2) is 98.1 Å². The normalized spacial score (nSPS) is 11.0. The lowest BCUT2D eigenvalue weighted by Gasteiger charge is -2.06. The molecule has 8 aromatic rings. The monoisotopic (exact) mass is 724 g/mol. The number of fused-ring (bicyclic) bond motifs is 6. The summed E-state index contributed by atoms with van der Waals surface area (Å²) in [5.74, 6) is -0.0360. The Hall–Kier alpha value is -6.60. The summed E-state index contributed by atoms with van der Waals surface area (Å²) in [4.78, 5) is 56.3. The van der Waals surface area contributed by atoms with Crippen molar-refractivity contribution >= 4 is 55.8 Å². The molecule has 0 aliphatic heterocycles. The highest BCUT2D eigenvalue weighted by atomic mass is 16.5. The summed E-state index contributed by atoms with van der Waals surface area (Å²) >= 11 is 0. The first-order chi connectivity index (χ1) is 26.1. The summed E-state index contributed by atoms with van der Waals surface area (Å²) in [6, 6.07) is 15.2. The van der Waals surface area contributed by atoms with Gasteiger partial charge in [-0.25, -0.2) is 19.6 Å². The number of nitrogens with zero attached hydrogens (tertiary/aromatic N) is 6. The number of hydrogen-bond donors (Lipinski definition) is 3. The van der Waals surface area contributed by atoms with Gasteiger partial charge in [0.15, 0.2) is 0 Å². The van der Waals surface area contributed by atoms with E-state index in [-0.39, 0.29) is 11.9 Å². The fourth-order valence-corrected chi connectivity index (χ4v) is 5.36. The van der Waals surface area contributed by atoms with Crippen molar-refractivity contribution < 1.29 is 24.2 Å². The lowest BCUT2D eigenvalue weighted by atomic mass is 10.1. The highest BCUT2D eigenvalue weighted by Gasteiger charge is 2.15. The predicted octanol–water partition coefficient (Wildman–Crippen LogP) is 7.58. The SMILES string of the molecule is CC(C)CO.CC(C)COC(=O)c1cnc2[nH]c3cnc(-c4cccnc4)cc3c2c1.COC(=O)c1cnc2[nH]c3cnc(-c4cccnc4)cc3c2c1. The van der Waals surface area contributed by atoms with E-state index in [1.54, 1.807) is 43.2 Å². The number of hydrogen-bond acceptors (Lipinski definition) is 11. The zero-order valence-electron chi connectivity index (χ0n) is 30.6. The van der Waals surface area contributed by atoms with Crippen molar-refractivity contribution in [2.75, 3.05) is 20.3 Å². The molecule has 13 heteroatoms. The van der Waals surface area contributed by atoms with Crippen molar-refractivity contribution in [1.29, 1.82) is 0 Å². The first-order valence-electron chi connectivity index (χ1n) is 17.4. The number of pyridine rings is 6. The number of rotatable bonds is 7. The van der Waals surface area contributed by atoms with E-state index in [4.69, 9.17) is 14.6 Å². The second-order valence-corrected chi connectivity index (χ2v) is 13.3. The van der Waals surface area contributed by atoms with Crippen LogP contribution in [0.25, 0.3) is 66.4 Å². The van der Waals surface area contributed by atoms with E-state index in [9.17, 15) is 9.59 Å². The van der Waals surface area contributed by atoms with Gasteiger partial charge in [-0.15, -0.1) is 0 Å². The van der Waals surface area contributed by atoms with Crippen LogP contribution in [0.5, 0.6) is 0 Å². The molecule has 274 valence electrons. The second kappa shape index (κ2) is 16.8. The molecule has 8 aromatic heterocycles. The maximum absolute atomic E-state index is 12.2. The van der Waals surface area contributed by atoms with Crippen LogP contribution in [-0.2, 0) is 9.47 Å². The van der Waals surface area contributed by atoms with E-state index < -0.39 is 5.97 Å². The van der Waals surface area contributed by atoms with Crippen LogP contribution in [0.4, 0.5) is 0 Å².